The Kier molecular flexibility index (Phi) is 5.38. The largest absolute Gasteiger partial charge is 0.310 e. The predicted octanol–water partition coefficient (Wildman–Crippen LogP) is 3.74. The number of fused-ring (bicyclic) bond motifs is 2. The number of rotatable bonds is 2. The fraction of sp³-hybridized carbons (Fsp3) is 0.571. The van der Waals surface area contributed by atoms with Crippen molar-refractivity contribution >= 4 is 35.6 Å². The van der Waals surface area contributed by atoms with Crippen LogP contribution < -0.4 is 5.32 Å². The third kappa shape index (κ3) is 3.77. The highest BCUT2D eigenvalue weighted by atomic mass is 35.5. The lowest BCUT2D eigenvalue weighted by molar-refractivity contribution is 0.251. The van der Waals surface area contributed by atoms with Crippen LogP contribution >= 0.6 is 35.6 Å². The Morgan fingerprint density at radius 2 is 1.95 bits per heavy atom. The molecule has 2 fully saturated rings. The smallest absolute Gasteiger partial charge is 0.0465 e. The molecular formula is C14H19Cl3N2. The maximum atomic E-state index is 6.24. The van der Waals surface area contributed by atoms with Crippen molar-refractivity contribution in [3.8, 4) is 0 Å². The standard InChI is InChI=1S/C14H18Cl2N2.ClH/c15-11-2-1-10(14(16)7-11)8-18-6-5-12-3-4-13(9-18)17-12;/h1-2,7,12-13,17H,3-6,8-9H2;1H. The second-order valence-corrected chi connectivity index (χ2v) is 6.24. The highest BCUT2D eigenvalue weighted by Gasteiger charge is 2.29. The van der Waals surface area contributed by atoms with Crippen LogP contribution in [0.5, 0.6) is 0 Å². The molecule has 1 N–H and O–H groups in total. The maximum Gasteiger partial charge on any atom is 0.0465 e. The number of nitrogens with one attached hydrogen (secondary N) is 1. The molecule has 5 heteroatoms. The molecule has 1 aromatic rings. The average Bonchev–Trinajstić information content (AvgIpc) is 2.66. The minimum absolute atomic E-state index is 0. The van der Waals surface area contributed by atoms with E-state index in [1.165, 1.54) is 24.8 Å². The topological polar surface area (TPSA) is 15.3 Å². The number of hydrogen-bond acceptors (Lipinski definition) is 2. The summed E-state index contributed by atoms with van der Waals surface area (Å²) in [6, 6.07) is 7.21. The highest BCUT2D eigenvalue weighted by Crippen LogP contribution is 2.25. The number of hydrogen-bond donors (Lipinski definition) is 1. The normalized spacial score (nSPS) is 26.8. The fourth-order valence-electron chi connectivity index (χ4n) is 3.05. The first kappa shape index (κ1) is 15.4. The second-order valence-electron chi connectivity index (χ2n) is 5.40. The molecule has 3 rings (SSSR count). The summed E-state index contributed by atoms with van der Waals surface area (Å²) in [6.07, 6.45) is 3.91. The quantitative estimate of drug-likeness (QED) is 0.892. The van der Waals surface area contributed by atoms with E-state index in [1.54, 1.807) is 0 Å². The Labute approximate surface area is 130 Å². The highest BCUT2D eigenvalue weighted by molar-refractivity contribution is 6.35. The van der Waals surface area contributed by atoms with Crippen LogP contribution in [0.3, 0.4) is 0 Å². The van der Waals surface area contributed by atoms with Crippen molar-refractivity contribution in [2.75, 3.05) is 13.1 Å². The lowest BCUT2D eigenvalue weighted by Crippen LogP contribution is -2.35. The van der Waals surface area contributed by atoms with E-state index in [2.05, 4.69) is 10.2 Å². The summed E-state index contributed by atoms with van der Waals surface area (Å²) in [5.41, 5.74) is 1.18. The van der Waals surface area contributed by atoms with E-state index in [4.69, 9.17) is 23.2 Å². The Morgan fingerprint density at radius 3 is 2.74 bits per heavy atom. The molecular weight excluding hydrogens is 303 g/mol. The van der Waals surface area contributed by atoms with Crippen molar-refractivity contribution in [3.05, 3.63) is 33.8 Å². The summed E-state index contributed by atoms with van der Waals surface area (Å²) in [7, 11) is 0. The summed E-state index contributed by atoms with van der Waals surface area (Å²) in [4.78, 5) is 2.51. The first-order valence-corrected chi connectivity index (χ1v) is 7.38. The van der Waals surface area contributed by atoms with E-state index in [0.717, 1.165) is 30.7 Å². The van der Waals surface area contributed by atoms with E-state index in [1.807, 2.05) is 18.2 Å². The zero-order chi connectivity index (χ0) is 12.5. The van der Waals surface area contributed by atoms with Gasteiger partial charge in [-0.2, -0.15) is 0 Å². The molecule has 106 valence electrons. The van der Waals surface area contributed by atoms with Crippen molar-refractivity contribution in [2.24, 2.45) is 0 Å². The van der Waals surface area contributed by atoms with Gasteiger partial charge >= 0.3 is 0 Å². The third-order valence-corrected chi connectivity index (χ3v) is 4.60. The van der Waals surface area contributed by atoms with Gasteiger partial charge in [-0.25, -0.2) is 0 Å². The molecule has 0 amide bonds. The van der Waals surface area contributed by atoms with Crippen molar-refractivity contribution in [1.29, 1.82) is 0 Å². The van der Waals surface area contributed by atoms with Gasteiger partial charge < -0.3 is 5.32 Å². The molecule has 2 unspecified atom stereocenters. The summed E-state index contributed by atoms with van der Waals surface area (Å²) in [5.74, 6) is 0. The van der Waals surface area contributed by atoms with Crippen LogP contribution in [0.4, 0.5) is 0 Å². The monoisotopic (exact) mass is 320 g/mol. The maximum absolute atomic E-state index is 6.24. The lowest BCUT2D eigenvalue weighted by Gasteiger charge is -2.24. The second kappa shape index (κ2) is 6.64. The fourth-order valence-corrected chi connectivity index (χ4v) is 3.52. The zero-order valence-electron chi connectivity index (χ0n) is 10.7. The lowest BCUT2D eigenvalue weighted by atomic mass is 10.1. The van der Waals surface area contributed by atoms with Gasteiger partial charge in [-0.05, 0) is 37.0 Å². The molecule has 2 saturated heterocycles. The number of likely N-dealkylation sites (tertiary alicyclic amines) is 1. The van der Waals surface area contributed by atoms with Crippen LogP contribution in [0.15, 0.2) is 18.2 Å². The van der Waals surface area contributed by atoms with Gasteiger partial charge in [0.25, 0.3) is 0 Å². The summed E-state index contributed by atoms with van der Waals surface area (Å²) in [5, 5.41) is 5.19. The molecule has 2 aliphatic heterocycles. The molecule has 2 bridgehead atoms. The van der Waals surface area contributed by atoms with Gasteiger partial charge in [0.05, 0.1) is 0 Å². The van der Waals surface area contributed by atoms with Crippen molar-refractivity contribution in [3.63, 3.8) is 0 Å². The van der Waals surface area contributed by atoms with Crippen molar-refractivity contribution < 1.29 is 0 Å². The molecule has 19 heavy (non-hydrogen) atoms. The van der Waals surface area contributed by atoms with E-state index < -0.39 is 0 Å². The van der Waals surface area contributed by atoms with Gasteiger partial charge in [-0.15, -0.1) is 12.4 Å². The van der Waals surface area contributed by atoms with Crippen LogP contribution in [-0.2, 0) is 6.54 Å². The van der Waals surface area contributed by atoms with E-state index in [-0.39, 0.29) is 12.4 Å². The molecule has 2 heterocycles. The molecule has 2 nitrogen and oxygen atoms in total. The summed E-state index contributed by atoms with van der Waals surface area (Å²) >= 11 is 12.2. The van der Waals surface area contributed by atoms with Crippen LogP contribution in [0, 0.1) is 0 Å². The van der Waals surface area contributed by atoms with Crippen LogP contribution in [0.2, 0.25) is 10.0 Å². The summed E-state index contributed by atoms with van der Waals surface area (Å²) in [6.45, 7) is 3.23. The molecule has 0 spiro atoms. The number of halogens is 3. The van der Waals surface area contributed by atoms with Gasteiger partial charge in [0.15, 0.2) is 0 Å². The van der Waals surface area contributed by atoms with Gasteiger partial charge in [0, 0.05) is 41.8 Å². The van der Waals surface area contributed by atoms with Gasteiger partial charge in [-0.3, -0.25) is 4.90 Å². The van der Waals surface area contributed by atoms with Crippen LogP contribution in [0.25, 0.3) is 0 Å². The molecule has 1 aromatic carbocycles. The van der Waals surface area contributed by atoms with E-state index in [9.17, 15) is 0 Å². The minimum Gasteiger partial charge on any atom is -0.310 e. The first-order chi connectivity index (χ1) is 8.70. The Morgan fingerprint density at radius 1 is 1.16 bits per heavy atom. The number of benzene rings is 1. The Hall–Kier alpha value is 0.01000. The van der Waals surface area contributed by atoms with Crippen LogP contribution in [0.1, 0.15) is 24.8 Å². The molecule has 2 aliphatic rings. The van der Waals surface area contributed by atoms with Gasteiger partial charge in [0.1, 0.15) is 0 Å². The molecule has 0 saturated carbocycles. The van der Waals surface area contributed by atoms with Crippen molar-refractivity contribution in [2.45, 2.75) is 37.9 Å². The third-order valence-electron chi connectivity index (χ3n) is 4.02. The van der Waals surface area contributed by atoms with E-state index in [0.29, 0.717) is 11.1 Å². The van der Waals surface area contributed by atoms with Crippen molar-refractivity contribution in [1.82, 2.24) is 10.2 Å². The Balaban J connectivity index is 0.00000133. The first-order valence-electron chi connectivity index (χ1n) is 6.63. The minimum atomic E-state index is 0. The zero-order valence-corrected chi connectivity index (χ0v) is 13.1. The predicted molar refractivity (Wildman–Crippen MR) is 83.5 cm³/mol. The number of nitrogens with zero attached hydrogens (tertiary/aromatic N) is 1. The molecule has 0 aromatic heterocycles. The van der Waals surface area contributed by atoms with Gasteiger partial charge in [-0.1, -0.05) is 29.3 Å². The Bertz CT molecular complexity index is 439. The summed E-state index contributed by atoms with van der Waals surface area (Å²) < 4.78 is 0. The molecule has 0 aliphatic carbocycles. The average molecular weight is 322 g/mol. The SMILES string of the molecule is Cl.Clc1ccc(CN2CCC3CCC(C2)N3)c(Cl)c1. The molecule has 0 radical (unpaired) electrons. The van der Waals surface area contributed by atoms with Gasteiger partial charge in [0.2, 0.25) is 0 Å². The van der Waals surface area contributed by atoms with E-state index >= 15 is 0 Å². The van der Waals surface area contributed by atoms with Crippen LogP contribution in [-0.4, -0.2) is 30.1 Å². The molecule has 2 atom stereocenters.